The van der Waals surface area contributed by atoms with Crippen molar-refractivity contribution < 1.29 is 9.60 Å². The molecule has 0 aromatic heterocycles. The summed E-state index contributed by atoms with van der Waals surface area (Å²) in [6.45, 7) is 2.18. The molecule has 0 aliphatic heterocycles. The first-order chi connectivity index (χ1) is 9.26. The predicted molar refractivity (Wildman–Crippen MR) is 75.8 cm³/mol. The molecule has 0 heterocycles. The van der Waals surface area contributed by atoms with E-state index in [0.717, 1.165) is 24.8 Å². The summed E-state index contributed by atoms with van der Waals surface area (Å²) in [6, 6.07) is 6.62. The first-order valence-electron chi connectivity index (χ1n) is 6.91. The van der Waals surface area contributed by atoms with Crippen LogP contribution in [0, 0.1) is 11.7 Å². The Balaban J connectivity index is 2.34. The molecular weight excluding hydrogens is 241 g/mol. The van der Waals surface area contributed by atoms with Crippen molar-refractivity contribution in [2.45, 2.75) is 39.0 Å². The Labute approximate surface area is 113 Å². The topological polar surface area (TPSA) is 32.6 Å². The summed E-state index contributed by atoms with van der Waals surface area (Å²) in [5.41, 5.74) is 3.71. The number of unbranched alkanes of at least 4 members (excludes halogenated alkanes) is 1. The van der Waals surface area contributed by atoms with Crippen molar-refractivity contribution in [1.82, 2.24) is 0 Å². The maximum atomic E-state index is 13.0. The largest absolute Gasteiger partial charge is 0.411 e. The van der Waals surface area contributed by atoms with Crippen molar-refractivity contribution in [3.8, 4) is 0 Å². The summed E-state index contributed by atoms with van der Waals surface area (Å²) in [6.07, 6.45) is 7.04. The zero-order valence-electron chi connectivity index (χ0n) is 11.3. The quantitative estimate of drug-likeness (QED) is 0.467. The van der Waals surface area contributed by atoms with E-state index in [0.29, 0.717) is 0 Å². The Kier molecular flexibility index (Phi) is 4.72. The Morgan fingerprint density at radius 3 is 2.74 bits per heavy atom. The van der Waals surface area contributed by atoms with Crippen molar-refractivity contribution >= 4 is 11.8 Å². The molecule has 1 aliphatic rings. The second kappa shape index (κ2) is 6.50. The number of nitrogens with zero attached hydrogens (tertiary/aromatic N) is 1. The zero-order valence-corrected chi connectivity index (χ0v) is 11.3. The second-order valence-corrected chi connectivity index (χ2v) is 5.04. The van der Waals surface area contributed by atoms with E-state index >= 15 is 0 Å². The fourth-order valence-corrected chi connectivity index (χ4v) is 2.80. The molecule has 0 fully saturated rings. The van der Waals surface area contributed by atoms with Gasteiger partial charge in [0.05, 0.1) is 6.21 Å². The van der Waals surface area contributed by atoms with Gasteiger partial charge in [0.25, 0.3) is 0 Å². The summed E-state index contributed by atoms with van der Waals surface area (Å²) >= 11 is 0. The van der Waals surface area contributed by atoms with E-state index in [1.807, 2.05) is 12.1 Å². The third-order valence-electron chi connectivity index (χ3n) is 3.74. The van der Waals surface area contributed by atoms with Crippen molar-refractivity contribution in [2.24, 2.45) is 11.1 Å². The molecule has 1 unspecified atom stereocenters. The maximum Gasteiger partial charge on any atom is 0.123 e. The van der Waals surface area contributed by atoms with Gasteiger partial charge in [-0.2, -0.15) is 0 Å². The minimum Gasteiger partial charge on any atom is -0.411 e. The van der Waals surface area contributed by atoms with Crippen molar-refractivity contribution in [3.63, 3.8) is 0 Å². The zero-order chi connectivity index (χ0) is 13.7. The van der Waals surface area contributed by atoms with Gasteiger partial charge in [0.15, 0.2) is 0 Å². The molecule has 102 valence electrons. The summed E-state index contributed by atoms with van der Waals surface area (Å²) < 4.78 is 13.0. The van der Waals surface area contributed by atoms with E-state index < -0.39 is 0 Å². The average Bonchev–Trinajstić information content (AvgIpc) is 2.81. The van der Waals surface area contributed by atoms with Crippen LogP contribution in [0.3, 0.4) is 0 Å². The molecule has 1 aliphatic carbocycles. The molecular formula is C16H20FNO. The molecule has 0 radical (unpaired) electrons. The van der Waals surface area contributed by atoms with E-state index in [2.05, 4.69) is 12.1 Å². The normalized spacial score (nSPS) is 19.6. The van der Waals surface area contributed by atoms with Gasteiger partial charge >= 0.3 is 0 Å². The van der Waals surface area contributed by atoms with Gasteiger partial charge in [0.2, 0.25) is 0 Å². The van der Waals surface area contributed by atoms with Crippen LogP contribution >= 0.6 is 0 Å². The van der Waals surface area contributed by atoms with Crippen LogP contribution < -0.4 is 0 Å². The molecule has 0 spiro atoms. The van der Waals surface area contributed by atoms with E-state index in [9.17, 15) is 4.39 Å². The number of halogens is 1. The molecule has 0 saturated heterocycles. The fourth-order valence-electron chi connectivity index (χ4n) is 2.80. The minimum absolute atomic E-state index is 0.155. The predicted octanol–water partition coefficient (Wildman–Crippen LogP) is 4.64. The van der Waals surface area contributed by atoms with E-state index in [-0.39, 0.29) is 11.7 Å². The Morgan fingerprint density at radius 2 is 2.11 bits per heavy atom. The third-order valence-corrected chi connectivity index (χ3v) is 3.74. The van der Waals surface area contributed by atoms with Crippen LogP contribution in [-0.4, -0.2) is 11.4 Å². The van der Waals surface area contributed by atoms with Gasteiger partial charge in [0, 0.05) is 5.92 Å². The summed E-state index contributed by atoms with van der Waals surface area (Å²) in [5, 5.41) is 12.0. The lowest BCUT2D eigenvalue weighted by atomic mass is 9.93. The highest BCUT2D eigenvalue weighted by Gasteiger charge is 2.25. The van der Waals surface area contributed by atoms with Crippen LogP contribution in [0.1, 0.15) is 44.6 Å². The smallest absolute Gasteiger partial charge is 0.123 e. The minimum atomic E-state index is -0.218. The lowest BCUT2D eigenvalue weighted by Gasteiger charge is -2.12. The number of hydrogen-bond acceptors (Lipinski definition) is 2. The molecule has 1 aromatic carbocycles. The summed E-state index contributed by atoms with van der Waals surface area (Å²) in [4.78, 5) is 0. The fraction of sp³-hybridized carbons (Fsp3) is 0.438. The SMILES string of the molecule is CCCCC1=C(c2ccc(F)cc2)C(C=NO)CC1. The van der Waals surface area contributed by atoms with Gasteiger partial charge in [-0.1, -0.05) is 31.1 Å². The van der Waals surface area contributed by atoms with Gasteiger partial charge in [-0.05, 0) is 49.0 Å². The number of hydrogen-bond donors (Lipinski definition) is 1. The number of benzene rings is 1. The lowest BCUT2D eigenvalue weighted by Crippen LogP contribution is -2.01. The van der Waals surface area contributed by atoms with Crippen LogP contribution in [0.4, 0.5) is 4.39 Å². The summed E-state index contributed by atoms with van der Waals surface area (Å²) in [5.74, 6) is -0.0628. The van der Waals surface area contributed by atoms with Crippen molar-refractivity contribution in [1.29, 1.82) is 0 Å². The van der Waals surface area contributed by atoms with Gasteiger partial charge in [-0.15, -0.1) is 5.16 Å². The third kappa shape index (κ3) is 3.22. The lowest BCUT2D eigenvalue weighted by molar-refractivity contribution is 0.319. The highest BCUT2D eigenvalue weighted by Crippen LogP contribution is 2.40. The standard InChI is InChI=1S/C16H20FNO/c1-2-3-4-12-5-6-14(11-18-19)16(12)13-7-9-15(17)10-8-13/h7-11,14,19H,2-6H2,1H3. The molecule has 0 bridgehead atoms. The Hall–Kier alpha value is -1.64. The number of oxime groups is 1. The van der Waals surface area contributed by atoms with Gasteiger partial charge < -0.3 is 5.21 Å². The molecule has 0 amide bonds. The van der Waals surface area contributed by atoms with Crippen LogP contribution in [0.25, 0.3) is 5.57 Å². The van der Waals surface area contributed by atoms with E-state index in [1.54, 1.807) is 6.21 Å². The average molecular weight is 261 g/mol. The van der Waals surface area contributed by atoms with Crippen LogP contribution in [-0.2, 0) is 0 Å². The number of rotatable bonds is 5. The molecule has 2 nitrogen and oxygen atoms in total. The van der Waals surface area contributed by atoms with E-state index in [1.165, 1.54) is 36.1 Å². The first kappa shape index (κ1) is 13.8. The molecule has 1 N–H and O–H groups in total. The first-order valence-corrected chi connectivity index (χ1v) is 6.91. The summed E-state index contributed by atoms with van der Waals surface area (Å²) in [7, 11) is 0. The van der Waals surface area contributed by atoms with Gasteiger partial charge in [0.1, 0.15) is 5.82 Å². The van der Waals surface area contributed by atoms with E-state index in [4.69, 9.17) is 5.21 Å². The maximum absolute atomic E-state index is 13.0. The highest BCUT2D eigenvalue weighted by molar-refractivity contribution is 5.86. The van der Waals surface area contributed by atoms with Crippen LogP contribution in [0.2, 0.25) is 0 Å². The molecule has 2 rings (SSSR count). The van der Waals surface area contributed by atoms with Gasteiger partial charge in [-0.3, -0.25) is 0 Å². The molecule has 19 heavy (non-hydrogen) atoms. The van der Waals surface area contributed by atoms with Crippen LogP contribution in [0.5, 0.6) is 0 Å². The van der Waals surface area contributed by atoms with Crippen molar-refractivity contribution in [2.75, 3.05) is 0 Å². The highest BCUT2D eigenvalue weighted by atomic mass is 19.1. The molecule has 0 saturated carbocycles. The monoisotopic (exact) mass is 261 g/mol. The van der Waals surface area contributed by atoms with Crippen LogP contribution in [0.15, 0.2) is 35.0 Å². The number of allylic oxidation sites excluding steroid dienone is 2. The van der Waals surface area contributed by atoms with Gasteiger partial charge in [-0.25, -0.2) is 4.39 Å². The Bertz CT molecular complexity index is 476. The second-order valence-electron chi connectivity index (χ2n) is 5.04. The molecule has 3 heteroatoms. The molecule has 1 atom stereocenters. The Morgan fingerprint density at radius 1 is 1.37 bits per heavy atom. The molecule has 1 aromatic rings. The van der Waals surface area contributed by atoms with Crippen molar-refractivity contribution in [3.05, 3.63) is 41.2 Å².